The molecule has 4 heteroatoms. The molecule has 0 saturated carbocycles. The second-order valence-corrected chi connectivity index (χ2v) is 3.35. The zero-order valence-electron chi connectivity index (χ0n) is 6.40. The van der Waals surface area contributed by atoms with Crippen molar-refractivity contribution in [1.29, 1.82) is 0 Å². The maximum atomic E-state index is 5.95. The van der Waals surface area contributed by atoms with Gasteiger partial charge in [-0.1, -0.05) is 0 Å². The number of nitrogens with zero attached hydrogens (tertiary/aromatic N) is 1. The molecule has 2 aromatic rings. The highest BCUT2D eigenvalue weighted by atomic mass is 32.1. The van der Waals surface area contributed by atoms with Crippen LogP contribution in [0, 0.1) is 0 Å². The van der Waals surface area contributed by atoms with E-state index < -0.39 is 0 Å². The van der Waals surface area contributed by atoms with E-state index in [4.69, 9.17) is 5.73 Å². The first-order valence-electron chi connectivity index (χ1n) is 3.64. The van der Waals surface area contributed by atoms with E-state index in [0.717, 1.165) is 11.1 Å². The van der Waals surface area contributed by atoms with Crippen molar-refractivity contribution in [2.45, 2.75) is 6.04 Å². The quantitative estimate of drug-likeness (QED) is 0.734. The molecule has 1 unspecified atom stereocenters. The number of hydrogen-bond acceptors (Lipinski definition) is 3. The molecule has 3 N–H and O–H groups in total. The van der Waals surface area contributed by atoms with Gasteiger partial charge in [0, 0.05) is 11.8 Å². The molecule has 0 aliphatic heterocycles. The lowest BCUT2D eigenvalue weighted by atomic mass is 10.1. The summed E-state index contributed by atoms with van der Waals surface area (Å²) in [4.78, 5) is 0. The van der Waals surface area contributed by atoms with Crippen molar-refractivity contribution in [2.24, 2.45) is 5.73 Å². The largest absolute Gasteiger partial charge is 0.320 e. The van der Waals surface area contributed by atoms with E-state index in [1.165, 1.54) is 0 Å². The number of aromatic nitrogens is 2. The Balaban J connectivity index is 2.27. The van der Waals surface area contributed by atoms with Gasteiger partial charge in [-0.05, 0) is 22.4 Å². The molecular weight excluding hydrogens is 170 g/mol. The van der Waals surface area contributed by atoms with Gasteiger partial charge in [0.25, 0.3) is 0 Å². The van der Waals surface area contributed by atoms with E-state index in [9.17, 15) is 0 Å². The van der Waals surface area contributed by atoms with Crippen molar-refractivity contribution < 1.29 is 0 Å². The van der Waals surface area contributed by atoms with E-state index in [0.29, 0.717) is 0 Å². The van der Waals surface area contributed by atoms with Crippen LogP contribution in [0.2, 0.25) is 0 Å². The fourth-order valence-corrected chi connectivity index (χ4v) is 1.77. The minimum Gasteiger partial charge on any atom is -0.320 e. The number of nitrogens with one attached hydrogen (secondary N) is 1. The summed E-state index contributed by atoms with van der Waals surface area (Å²) in [6.07, 6.45) is 3.57. The Kier molecular flexibility index (Phi) is 1.93. The molecule has 2 aromatic heterocycles. The third-order valence-corrected chi connectivity index (χ3v) is 2.48. The molecule has 0 radical (unpaired) electrons. The van der Waals surface area contributed by atoms with Gasteiger partial charge >= 0.3 is 0 Å². The van der Waals surface area contributed by atoms with Crippen LogP contribution >= 0.6 is 11.3 Å². The van der Waals surface area contributed by atoms with E-state index >= 15 is 0 Å². The van der Waals surface area contributed by atoms with Crippen LogP contribution in [0.1, 0.15) is 17.2 Å². The zero-order valence-corrected chi connectivity index (χ0v) is 7.21. The lowest BCUT2D eigenvalue weighted by molar-refractivity contribution is 0.878. The summed E-state index contributed by atoms with van der Waals surface area (Å²) in [5, 5.41) is 10.7. The fraction of sp³-hybridized carbons (Fsp3) is 0.125. The summed E-state index contributed by atoms with van der Waals surface area (Å²) in [7, 11) is 0. The van der Waals surface area contributed by atoms with Crippen molar-refractivity contribution in [3.8, 4) is 0 Å². The molecule has 0 fully saturated rings. The minimum atomic E-state index is -0.0463. The first kappa shape index (κ1) is 7.52. The van der Waals surface area contributed by atoms with Gasteiger partial charge < -0.3 is 5.73 Å². The van der Waals surface area contributed by atoms with Crippen molar-refractivity contribution in [2.75, 3.05) is 0 Å². The number of nitrogens with two attached hydrogens (primary N) is 1. The Hall–Kier alpha value is -1.13. The van der Waals surface area contributed by atoms with Gasteiger partial charge in [-0.15, -0.1) is 0 Å². The van der Waals surface area contributed by atoms with Crippen LogP contribution in [0.5, 0.6) is 0 Å². The molecule has 12 heavy (non-hydrogen) atoms. The Morgan fingerprint density at radius 2 is 2.42 bits per heavy atom. The summed E-state index contributed by atoms with van der Waals surface area (Å²) >= 11 is 1.65. The monoisotopic (exact) mass is 179 g/mol. The number of rotatable bonds is 2. The first-order valence-corrected chi connectivity index (χ1v) is 4.58. The standard InChI is InChI=1S/C8H9N3S/c9-8(6-1-2-12-5-6)7-3-10-11-4-7/h1-5,8H,9H2,(H,10,11). The van der Waals surface area contributed by atoms with Gasteiger partial charge in [0.2, 0.25) is 0 Å². The van der Waals surface area contributed by atoms with Gasteiger partial charge in [-0.3, -0.25) is 5.10 Å². The van der Waals surface area contributed by atoms with Crippen LogP contribution in [0.15, 0.2) is 29.2 Å². The van der Waals surface area contributed by atoms with Crippen LogP contribution in [0.4, 0.5) is 0 Å². The molecule has 62 valence electrons. The third-order valence-electron chi connectivity index (χ3n) is 1.78. The first-order chi connectivity index (χ1) is 5.88. The molecule has 0 aromatic carbocycles. The molecular formula is C8H9N3S. The Morgan fingerprint density at radius 1 is 1.50 bits per heavy atom. The fourth-order valence-electron chi connectivity index (χ4n) is 1.08. The topological polar surface area (TPSA) is 54.7 Å². The third kappa shape index (κ3) is 1.26. The summed E-state index contributed by atoms with van der Waals surface area (Å²) in [6.45, 7) is 0. The van der Waals surface area contributed by atoms with Crippen LogP contribution in [-0.2, 0) is 0 Å². The highest BCUT2D eigenvalue weighted by Gasteiger charge is 2.08. The summed E-state index contributed by atoms with van der Waals surface area (Å²) < 4.78 is 0. The average Bonchev–Trinajstić information content (AvgIpc) is 2.77. The van der Waals surface area contributed by atoms with Gasteiger partial charge in [0.05, 0.1) is 12.2 Å². The van der Waals surface area contributed by atoms with E-state index in [1.54, 1.807) is 17.5 Å². The zero-order chi connectivity index (χ0) is 8.39. The number of hydrogen-bond donors (Lipinski definition) is 2. The van der Waals surface area contributed by atoms with Crippen molar-refractivity contribution in [1.82, 2.24) is 10.2 Å². The maximum Gasteiger partial charge on any atom is 0.0590 e. The molecule has 0 amide bonds. The average molecular weight is 179 g/mol. The molecule has 2 heterocycles. The Bertz CT molecular complexity index is 291. The Labute approximate surface area is 74.2 Å². The molecule has 3 nitrogen and oxygen atoms in total. The van der Waals surface area contributed by atoms with Crippen LogP contribution < -0.4 is 5.73 Å². The molecule has 1 atom stereocenters. The van der Waals surface area contributed by atoms with Crippen LogP contribution in [-0.4, -0.2) is 10.2 Å². The smallest absolute Gasteiger partial charge is 0.0590 e. The molecule has 0 aliphatic carbocycles. The van der Waals surface area contributed by atoms with Gasteiger partial charge in [-0.2, -0.15) is 16.4 Å². The number of thiophene rings is 1. The predicted molar refractivity (Wildman–Crippen MR) is 48.9 cm³/mol. The predicted octanol–water partition coefficient (Wildman–Crippen LogP) is 1.52. The Morgan fingerprint density at radius 3 is 3.00 bits per heavy atom. The SMILES string of the molecule is NC(c1cn[nH]c1)c1ccsc1. The van der Waals surface area contributed by atoms with Gasteiger partial charge in [0.1, 0.15) is 0 Å². The second kappa shape index (κ2) is 3.08. The minimum absolute atomic E-state index is 0.0463. The molecule has 0 spiro atoms. The van der Waals surface area contributed by atoms with Crippen LogP contribution in [0.25, 0.3) is 0 Å². The number of H-pyrrole nitrogens is 1. The lowest BCUT2D eigenvalue weighted by Crippen LogP contribution is -2.09. The molecule has 0 aliphatic rings. The molecule has 0 bridgehead atoms. The van der Waals surface area contributed by atoms with Gasteiger partial charge in [-0.25, -0.2) is 0 Å². The van der Waals surface area contributed by atoms with E-state index in [1.807, 2.05) is 17.6 Å². The molecule has 0 saturated heterocycles. The summed E-state index contributed by atoms with van der Waals surface area (Å²) in [5.41, 5.74) is 8.11. The maximum absolute atomic E-state index is 5.95. The van der Waals surface area contributed by atoms with Crippen molar-refractivity contribution in [3.63, 3.8) is 0 Å². The molecule has 2 rings (SSSR count). The van der Waals surface area contributed by atoms with Crippen molar-refractivity contribution >= 4 is 11.3 Å². The van der Waals surface area contributed by atoms with Crippen molar-refractivity contribution in [3.05, 3.63) is 40.3 Å². The highest BCUT2D eigenvalue weighted by Crippen LogP contribution is 2.19. The van der Waals surface area contributed by atoms with Gasteiger partial charge in [0.15, 0.2) is 0 Å². The number of aromatic amines is 1. The summed E-state index contributed by atoms with van der Waals surface area (Å²) in [5.74, 6) is 0. The lowest BCUT2D eigenvalue weighted by Gasteiger charge is -2.05. The van der Waals surface area contributed by atoms with E-state index in [2.05, 4.69) is 15.6 Å². The normalized spacial score (nSPS) is 13.1. The second-order valence-electron chi connectivity index (χ2n) is 2.57. The van der Waals surface area contributed by atoms with Crippen LogP contribution in [0.3, 0.4) is 0 Å². The summed E-state index contributed by atoms with van der Waals surface area (Å²) in [6, 6.07) is 1.98. The van der Waals surface area contributed by atoms with E-state index in [-0.39, 0.29) is 6.04 Å². The highest BCUT2D eigenvalue weighted by molar-refractivity contribution is 7.07.